The molecule has 0 radical (unpaired) electrons. The third kappa shape index (κ3) is 4.96. The third-order valence-corrected chi connectivity index (χ3v) is 10.7. The summed E-state index contributed by atoms with van der Waals surface area (Å²) in [5.74, 6) is 0. The molecule has 0 N–H and O–H groups in total. The van der Waals surface area contributed by atoms with Crippen molar-refractivity contribution in [1.29, 1.82) is 0 Å². The first-order chi connectivity index (χ1) is 7.99. The maximum absolute atomic E-state index is 2.51. The van der Waals surface area contributed by atoms with E-state index in [9.17, 15) is 0 Å². The third-order valence-electron chi connectivity index (χ3n) is 3.44. The van der Waals surface area contributed by atoms with Crippen LogP contribution in [0.2, 0.25) is 0 Å². The molecule has 0 bridgehead atoms. The average molecular weight is 378 g/mol. The number of hydrogen-bond donors (Lipinski definition) is 0. The molecule has 0 heterocycles. The second kappa shape index (κ2) is 7.91. The molecule has 0 aromatic heterocycles. The molecule has 2 rings (SSSR count). The minimum atomic E-state index is -1.65. The first-order valence-electron chi connectivity index (χ1n) is 6.43. The van der Waals surface area contributed by atoms with E-state index in [1.165, 1.54) is 12.8 Å². The second-order valence-corrected chi connectivity index (χ2v) is 13.2. The summed E-state index contributed by atoms with van der Waals surface area (Å²) in [5, 5.41) is 0. The minimum Gasteiger partial charge on any atom is -0.147 e. The Morgan fingerprint density at radius 3 is 2.32 bits per heavy atom. The van der Waals surface area contributed by atoms with E-state index in [1.807, 2.05) is 0 Å². The Morgan fingerprint density at radius 1 is 1.21 bits per heavy atom. The molecule has 0 aromatic rings. The van der Waals surface area contributed by atoms with Crippen molar-refractivity contribution >= 4 is 28.0 Å². The van der Waals surface area contributed by atoms with E-state index in [2.05, 4.69) is 64.2 Å². The van der Waals surface area contributed by atoms with Crippen molar-refractivity contribution in [3.63, 3.8) is 0 Å². The standard InChI is InChI=1S/C8H11.C5H5.C3H6.2ClH.Zr/c1-8(2)6-4-3-5-7-8;1-2-4-5-3-1;1-3-2;;;/h4-6H,7H2,1-2H3;1-3H,4H2;1-2H3;2*1H;. The summed E-state index contributed by atoms with van der Waals surface area (Å²) in [6.45, 7) is 9.31. The van der Waals surface area contributed by atoms with Gasteiger partial charge in [0.1, 0.15) is 0 Å². The van der Waals surface area contributed by atoms with Crippen LogP contribution in [0.1, 0.15) is 40.5 Å². The number of allylic oxidation sites excluding steroid dienone is 8. The van der Waals surface area contributed by atoms with Crippen LogP contribution in [0.25, 0.3) is 0 Å². The quantitative estimate of drug-likeness (QED) is 0.606. The van der Waals surface area contributed by atoms with E-state index in [-0.39, 0.29) is 24.8 Å². The van der Waals surface area contributed by atoms with Crippen molar-refractivity contribution in [1.82, 2.24) is 0 Å². The number of halogens is 2. The molecule has 0 saturated carbocycles. The van der Waals surface area contributed by atoms with Gasteiger partial charge in [0, 0.05) is 0 Å². The van der Waals surface area contributed by atoms with Crippen LogP contribution in [0.4, 0.5) is 0 Å². The van der Waals surface area contributed by atoms with Crippen molar-refractivity contribution in [2.45, 2.75) is 40.5 Å². The maximum atomic E-state index is 2.51. The smallest absolute Gasteiger partial charge is 0.147 e. The van der Waals surface area contributed by atoms with Crippen LogP contribution in [0, 0.1) is 5.41 Å². The SMILES string of the molecule is C[C](C)=[Zr]([C]1=CCC(C)(C)C=C1)[C]1=CC=CC1.Cl.Cl. The summed E-state index contributed by atoms with van der Waals surface area (Å²) in [7, 11) is 0. The van der Waals surface area contributed by atoms with Gasteiger partial charge in [0.15, 0.2) is 0 Å². The molecule has 0 aromatic carbocycles. The normalized spacial score (nSPS) is 18.9. The molecular weight excluding hydrogens is 354 g/mol. The van der Waals surface area contributed by atoms with Gasteiger partial charge in [-0.1, -0.05) is 0 Å². The number of hydrogen-bond acceptors (Lipinski definition) is 0. The molecule has 3 heteroatoms. The van der Waals surface area contributed by atoms with Crippen LogP contribution >= 0.6 is 24.8 Å². The van der Waals surface area contributed by atoms with E-state index in [1.54, 1.807) is 9.77 Å². The Bertz CT molecular complexity index is 473. The molecule has 0 unspecified atom stereocenters. The zero-order valence-electron chi connectivity index (χ0n) is 12.2. The van der Waals surface area contributed by atoms with Crippen LogP contribution in [0.5, 0.6) is 0 Å². The Hall–Kier alpha value is 0.293. The topological polar surface area (TPSA) is 0 Å². The van der Waals surface area contributed by atoms with Gasteiger partial charge in [0.05, 0.1) is 0 Å². The van der Waals surface area contributed by atoms with Gasteiger partial charge in [-0.2, -0.15) is 0 Å². The Kier molecular flexibility index (Phi) is 8.04. The minimum absolute atomic E-state index is 0. The van der Waals surface area contributed by atoms with Gasteiger partial charge < -0.3 is 0 Å². The van der Waals surface area contributed by atoms with Gasteiger partial charge in [0.25, 0.3) is 0 Å². The van der Waals surface area contributed by atoms with E-state index in [4.69, 9.17) is 0 Å². The Morgan fingerprint density at radius 2 is 1.89 bits per heavy atom. The number of rotatable bonds is 2. The fourth-order valence-corrected chi connectivity index (χ4v) is 9.15. The summed E-state index contributed by atoms with van der Waals surface area (Å²) in [6, 6.07) is 0. The largest absolute Gasteiger partial charge is 0.147 e. The molecule has 0 amide bonds. The van der Waals surface area contributed by atoms with Gasteiger partial charge in [-0.05, 0) is 0 Å². The van der Waals surface area contributed by atoms with Crippen LogP contribution in [-0.4, -0.2) is 3.21 Å². The molecule has 0 nitrogen and oxygen atoms in total. The van der Waals surface area contributed by atoms with Crippen molar-refractivity contribution in [2.24, 2.45) is 5.41 Å². The molecule has 0 atom stereocenters. The zero-order valence-corrected chi connectivity index (χ0v) is 16.3. The Balaban J connectivity index is 0.00000162. The van der Waals surface area contributed by atoms with Crippen LogP contribution in [-0.2, 0) is 21.3 Å². The van der Waals surface area contributed by atoms with Crippen molar-refractivity contribution in [3.05, 3.63) is 43.0 Å². The van der Waals surface area contributed by atoms with Gasteiger partial charge >= 0.3 is 113 Å². The zero-order chi connectivity index (χ0) is 12.5. The molecule has 19 heavy (non-hydrogen) atoms. The van der Waals surface area contributed by atoms with Crippen molar-refractivity contribution < 1.29 is 21.3 Å². The van der Waals surface area contributed by atoms with Gasteiger partial charge in [-0.3, -0.25) is 0 Å². The van der Waals surface area contributed by atoms with E-state index in [0.717, 1.165) is 0 Å². The molecule has 0 spiro atoms. The molecule has 2 aliphatic carbocycles. The predicted octanol–water partition coefficient (Wildman–Crippen LogP) is 5.37. The molecule has 0 aliphatic heterocycles. The van der Waals surface area contributed by atoms with Crippen LogP contribution in [0.3, 0.4) is 0 Å². The fourth-order valence-electron chi connectivity index (χ4n) is 2.44. The monoisotopic (exact) mass is 376 g/mol. The van der Waals surface area contributed by atoms with Crippen LogP contribution < -0.4 is 0 Å². The predicted molar refractivity (Wildman–Crippen MR) is 88.3 cm³/mol. The summed E-state index contributed by atoms with van der Waals surface area (Å²) >= 11 is -1.65. The average Bonchev–Trinajstić information content (AvgIpc) is 2.74. The van der Waals surface area contributed by atoms with E-state index in [0.29, 0.717) is 5.41 Å². The molecule has 0 saturated heterocycles. The Labute approximate surface area is 137 Å². The molecule has 0 fully saturated rings. The first-order valence-corrected chi connectivity index (χ1v) is 10.1. The van der Waals surface area contributed by atoms with E-state index >= 15 is 0 Å². The van der Waals surface area contributed by atoms with Gasteiger partial charge in [-0.25, -0.2) is 0 Å². The summed E-state index contributed by atoms with van der Waals surface area (Å²) < 4.78 is 5.11. The summed E-state index contributed by atoms with van der Waals surface area (Å²) in [6.07, 6.45) is 16.7. The first kappa shape index (κ1) is 19.3. The van der Waals surface area contributed by atoms with E-state index < -0.39 is 21.3 Å². The maximum Gasteiger partial charge on any atom is -0.147 e. The summed E-state index contributed by atoms with van der Waals surface area (Å²) in [5.41, 5.74) is 0.363. The van der Waals surface area contributed by atoms with Crippen molar-refractivity contribution in [3.8, 4) is 0 Å². The van der Waals surface area contributed by atoms with Gasteiger partial charge in [-0.15, -0.1) is 24.8 Å². The van der Waals surface area contributed by atoms with Gasteiger partial charge in [0.2, 0.25) is 0 Å². The van der Waals surface area contributed by atoms with Crippen molar-refractivity contribution in [2.75, 3.05) is 0 Å². The molecular formula is C16H24Cl2Zr. The van der Waals surface area contributed by atoms with Crippen LogP contribution in [0.15, 0.2) is 43.0 Å². The molecule has 2 aliphatic rings. The fraction of sp³-hybridized carbons (Fsp3) is 0.438. The second-order valence-electron chi connectivity index (χ2n) is 5.88. The molecule has 106 valence electrons. The summed E-state index contributed by atoms with van der Waals surface area (Å²) in [4.78, 5) is 0.